The Labute approximate surface area is 127 Å². The van der Waals surface area contributed by atoms with E-state index in [1.54, 1.807) is 22.3 Å². The predicted octanol–water partition coefficient (Wildman–Crippen LogP) is 6.28. The minimum Gasteiger partial charge on any atom is -0.0654 e. The summed E-state index contributed by atoms with van der Waals surface area (Å²) in [6.45, 7) is 9.19. The minimum atomic E-state index is 1.25. The van der Waals surface area contributed by atoms with Crippen LogP contribution in [0.2, 0.25) is 0 Å². The summed E-state index contributed by atoms with van der Waals surface area (Å²) in [6.07, 6.45) is 12.8. The van der Waals surface area contributed by atoms with Crippen LogP contribution in [0.25, 0.3) is 0 Å². The number of rotatable bonds is 10. The number of unbranched alkanes of at least 4 members (excludes halogenated alkanes) is 2. The molecule has 20 heavy (non-hydrogen) atoms. The second-order valence-electron chi connectivity index (χ2n) is 6.10. The van der Waals surface area contributed by atoms with Gasteiger partial charge in [0, 0.05) is 0 Å². The first-order chi connectivity index (χ1) is 9.76. The van der Waals surface area contributed by atoms with Crippen molar-refractivity contribution in [3.63, 3.8) is 0 Å². The molecule has 0 bridgehead atoms. The molecule has 0 N–H and O–H groups in total. The fourth-order valence-electron chi connectivity index (χ4n) is 3.00. The molecule has 0 fully saturated rings. The largest absolute Gasteiger partial charge is 0.0654 e. The lowest BCUT2D eigenvalue weighted by molar-refractivity contribution is 0.759. The van der Waals surface area contributed by atoms with Crippen LogP contribution >= 0.6 is 0 Å². The number of hydrogen-bond donors (Lipinski definition) is 0. The zero-order valence-electron chi connectivity index (χ0n) is 14.2. The molecule has 0 saturated carbocycles. The van der Waals surface area contributed by atoms with Gasteiger partial charge in [0.25, 0.3) is 0 Å². The first-order valence-electron chi connectivity index (χ1n) is 8.90. The van der Waals surface area contributed by atoms with Crippen molar-refractivity contribution in [3.8, 4) is 0 Å². The number of aryl methyl sites for hydroxylation is 4. The monoisotopic (exact) mass is 274 g/mol. The van der Waals surface area contributed by atoms with Gasteiger partial charge in [0.1, 0.15) is 0 Å². The van der Waals surface area contributed by atoms with Gasteiger partial charge in [-0.2, -0.15) is 0 Å². The highest BCUT2D eigenvalue weighted by Gasteiger charge is 2.09. The van der Waals surface area contributed by atoms with E-state index in [2.05, 4.69) is 39.8 Å². The van der Waals surface area contributed by atoms with Crippen LogP contribution in [0.3, 0.4) is 0 Å². The maximum atomic E-state index is 2.55. The molecular weight excluding hydrogens is 240 g/mol. The van der Waals surface area contributed by atoms with E-state index in [1.807, 2.05) is 0 Å². The lowest BCUT2D eigenvalue weighted by atomic mass is 9.89. The highest BCUT2D eigenvalue weighted by Crippen LogP contribution is 2.23. The standard InChI is InChI=1S/C20H34/c1-5-9-13-19-15-18(12-8-4)20(14-10-6-2)16-17(19)11-7-3/h15-16H,5-14H2,1-4H3. The van der Waals surface area contributed by atoms with E-state index in [0.29, 0.717) is 0 Å². The van der Waals surface area contributed by atoms with E-state index in [4.69, 9.17) is 0 Å². The lowest BCUT2D eigenvalue weighted by Crippen LogP contribution is -2.02. The quantitative estimate of drug-likeness (QED) is 0.471. The lowest BCUT2D eigenvalue weighted by Gasteiger charge is -2.16. The third kappa shape index (κ3) is 5.31. The molecule has 1 aromatic carbocycles. The van der Waals surface area contributed by atoms with E-state index < -0.39 is 0 Å². The first kappa shape index (κ1) is 17.3. The molecule has 0 nitrogen and oxygen atoms in total. The second-order valence-corrected chi connectivity index (χ2v) is 6.10. The Hall–Kier alpha value is -0.780. The molecule has 0 unspecified atom stereocenters. The van der Waals surface area contributed by atoms with Crippen LogP contribution in [-0.4, -0.2) is 0 Å². The summed E-state index contributed by atoms with van der Waals surface area (Å²) >= 11 is 0. The number of hydrogen-bond acceptors (Lipinski definition) is 0. The Morgan fingerprint density at radius 3 is 1.15 bits per heavy atom. The Kier molecular flexibility index (Phi) is 8.65. The third-order valence-corrected chi connectivity index (χ3v) is 4.16. The molecule has 0 atom stereocenters. The van der Waals surface area contributed by atoms with Crippen molar-refractivity contribution in [1.29, 1.82) is 0 Å². The Morgan fingerprint density at radius 1 is 0.500 bits per heavy atom. The second kappa shape index (κ2) is 10.0. The van der Waals surface area contributed by atoms with Crippen molar-refractivity contribution >= 4 is 0 Å². The van der Waals surface area contributed by atoms with E-state index in [9.17, 15) is 0 Å². The molecule has 0 spiro atoms. The average Bonchev–Trinajstić information content (AvgIpc) is 2.46. The predicted molar refractivity (Wildman–Crippen MR) is 91.7 cm³/mol. The van der Waals surface area contributed by atoms with Crippen molar-refractivity contribution in [1.82, 2.24) is 0 Å². The molecule has 0 aliphatic heterocycles. The molecule has 0 radical (unpaired) electrons. The van der Waals surface area contributed by atoms with Crippen LogP contribution in [0, 0.1) is 0 Å². The van der Waals surface area contributed by atoms with Crippen molar-refractivity contribution in [2.75, 3.05) is 0 Å². The Bertz CT molecular complexity index is 338. The number of benzene rings is 1. The summed E-state index contributed by atoms with van der Waals surface area (Å²) in [5, 5.41) is 0. The van der Waals surface area contributed by atoms with E-state index in [0.717, 1.165) is 0 Å². The van der Waals surface area contributed by atoms with Gasteiger partial charge in [0.05, 0.1) is 0 Å². The fraction of sp³-hybridized carbons (Fsp3) is 0.700. The van der Waals surface area contributed by atoms with Crippen LogP contribution in [0.4, 0.5) is 0 Å². The SMILES string of the molecule is CCCCc1cc(CCC)c(CCCC)cc1CCC. The van der Waals surface area contributed by atoms with Gasteiger partial charge < -0.3 is 0 Å². The van der Waals surface area contributed by atoms with Gasteiger partial charge in [-0.05, 0) is 60.8 Å². The molecule has 0 saturated heterocycles. The zero-order valence-corrected chi connectivity index (χ0v) is 14.2. The van der Waals surface area contributed by atoms with Crippen molar-refractivity contribution < 1.29 is 0 Å². The van der Waals surface area contributed by atoms with Crippen molar-refractivity contribution in [2.45, 2.75) is 91.9 Å². The van der Waals surface area contributed by atoms with Gasteiger partial charge >= 0.3 is 0 Å². The molecule has 1 aromatic rings. The smallest absolute Gasteiger partial charge is 0.0276 e. The Morgan fingerprint density at radius 2 is 0.850 bits per heavy atom. The first-order valence-corrected chi connectivity index (χ1v) is 8.90. The summed E-state index contributed by atoms with van der Waals surface area (Å²) in [7, 11) is 0. The fourth-order valence-corrected chi connectivity index (χ4v) is 3.00. The molecule has 0 aromatic heterocycles. The maximum Gasteiger partial charge on any atom is -0.0276 e. The van der Waals surface area contributed by atoms with Gasteiger partial charge in [-0.25, -0.2) is 0 Å². The summed E-state index contributed by atoms with van der Waals surface area (Å²) in [5.74, 6) is 0. The van der Waals surface area contributed by atoms with Crippen LogP contribution in [0.5, 0.6) is 0 Å². The van der Waals surface area contributed by atoms with Gasteiger partial charge in [-0.15, -0.1) is 0 Å². The molecule has 0 aliphatic carbocycles. The molecule has 114 valence electrons. The molecule has 0 heteroatoms. The van der Waals surface area contributed by atoms with Crippen molar-refractivity contribution in [2.24, 2.45) is 0 Å². The van der Waals surface area contributed by atoms with Crippen LogP contribution in [0.1, 0.15) is 88.5 Å². The maximum absolute atomic E-state index is 2.55. The molecule has 0 aliphatic rings. The topological polar surface area (TPSA) is 0 Å². The van der Waals surface area contributed by atoms with E-state index in [1.165, 1.54) is 64.2 Å². The minimum absolute atomic E-state index is 1.25. The summed E-state index contributed by atoms with van der Waals surface area (Å²) in [5.41, 5.74) is 6.54. The van der Waals surface area contributed by atoms with E-state index in [-0.39, 0.29) is 0 Å². The highest BCUT2D eigenvalue weighted by atomic mass is 14.1. The Balaban J connectivity index is 3.05. The normalized spacial score (nSPS) is 11.0. The van der Waals surface area contributed by atoms with Crippen LogP contribution in [0.15, 0.2) is 12.1 Å². The molecular formula is C20H34. The molecule has 0 amide bonds. The van der Waals surface area contributed by atoms with Crippen molar-refractivity contribution in [3.05, 3.63) is 34.4 Å². The summed E-state index contributed by atoms with van der Waals surface area (Å²) < 4.78 is 0. The van der Waals surface area contributed by atoms with Crippen LogP contribution < -0.4 is 0 Å². The van der Waals surface area contributed by atoms with Gasteiger partial charge in [0.2, 0.25) is 0 Å². The summed E-state index contributed by atoms with van der Waals surface area (Å²) in [4.78, 5) is 0. The summed E-state index contributed by atoms with van der Waals surface area (Å²) in [6, 6.07) is 5.10. The zero-order chi connectivity index (χ0) is 14.8. The van der Waals surface area contributed by atoms with Gasteiger partial charge in [0.15, 0.2) is 0 Å². The molecule has 1 rings (SSSR count). The van der Waals surface area contributed by atoms with E-state index >= 15 is 0 Å². The van der Waals surface area contributed by atoms with Crippen LogP contribution in [-0.2, 0) is 25.7 Å². The molecule has 0 heterocycles. The third-order valence-electron chi connectivity index (χ3n) is 4.16. The van der Waals surface area contributed by atoms with Gasteiger partial charge in [-0.1, -0.05) is 65.5 Å². The average molecular weight is 274 g/mol. The van der Waals surface area contributed by atoms with Gasteiger partial charge in [-0.3, -0.25) is 0 Å². The highest BCUT2D eigenvalue weighted by molar-refractivity contribution is 5.39.